The van der Waals surface area contributed by atoms with Gasteiger partial charge in [0.25, 0.3) is 0 Å². The van der Waals surface area contributed by atoms with Crippen LogP contribution in [0, 0.1) is 0 Å². The predicted octanol–water partition coefficient (Wildman–Crippen LogP) is 5.66. The number of hydrogen-bond acceptors (Lipinski definition) is 2. The van der Waals surface area contributed by atoms with E-state index >= 15 is 0 Å². The number of nitrogens with one attached hydrogen (secondary N) is 1. The summed E-state index contributed by atoms with van der Waals surface area (Å²) in [6, 6.07) is 20.4. The lowest BCUT2D eigenvalue weighted by molar-refractivity contribution is 0.177. The zero-order valence-corrected chi connectivity index (χ0v) is 17.7. The third kappa shape index (κ3) is 4.41. The van der Waals surface area contributed by atoms with E-state index in [0.717, 1.165) is 43.5 Å². The lowest BCUT2D eigenvalue weighted by Gasteiger charge is -2.36. The summed E-state index contributed by atoms with van der Waals surface area (Å²) in [5.41, 5.74) is 2.24. The van der Waals surface area contributed by atoms with E-state index in [2.05, 4.69) is 57.6 Å². The molecule has 28 heavy (non-hydrogen) atoms. The highest BCUT2D eigenvalue weighted by Gasteiger charge is 2.19. The average Bonchev–Trinajstić information content (AvgIpc) is 2.71. The van der Waals surface area contributed by atoms with Gasteiger partial charge in [0.1, 0.15) is 0 Å². The minimum absolute atomic E-state index is 0.597. The fourth-order valence-corrected chi connectivity index (χ4v) is 4.15. The number of piperazine rings is 1. The Morgan fingerprint density at radius 3 is 2.43 bits per heavy atom. The number of halogens is 2. The molecule has 0 atom stereocenters. The molecule has 1 N–H and O–H groups in total. The topological polar surface area (TPSA) is 18.5 Å². The SMILES string of the molecule is S=C(Nc1cccc2ccccc12)N1CCN(Cc2ccc(Cl)c(Cl)c2)CC1. The van der Waals surface area contributed by atoms with Gasteiger partial charge >= 0.3 is 0 Å². The van der Waals surface area contributed by atoms with E-state index in [4.69, 9.17) is 35.4 Å². The Bertz CT molecular complexity index is 995. The van der Waals surface area contributed by atoms with Crippen LogP contribution in [0.1, 0.15) is 5.56 Å². The molecule has 0 spiro atoms. The van der Waals surface area contributed by atoms with Crippen LogP contribution in [-0.2, 0) is 6.54 Å². The number of thiocarbonyl (C=S) groups is 1. The maximum Gasteiger partial charge on any atom is 0.173 e. The molecule has 1 heterocycles. The number of rotatable bonds is 3. The molecule has 0 aliphatic carbocycles. The second kappa shape index (κ2) is 8.66. The number of hydrogen-bond donors (Lipinski definition) is 1. The molecule has 1 saturated heterocycles. The van der Waals surface area contributed by atoms with Crippen LogP contribution in [0.25, 0.3) is 10.8 Å². The number of nitrogens with zero attached hydrogens (tertiary/aromatic N) is 2. The zero-order chi connectivity index (χ0) is 19.5. The molecule has 6 heteroatoms. The molecule has 0 saturated carbocycles. The molecule has 144 valence electrons. The van der Waals surface area contributed by atoms with Crippen LogP contribution < -0.4 is 5.32 Å². The fraction of sp³-hybridized carbons (Fsp3) is 0.227. The van der Waals surface area contributed by atoms with E-state index in [1.54, 1.807) is 0 Å². The average molecular weight is 430 g/mol. The quantitative estimate of drug-likeness (QED) is 0.540. The van der Waals surface area contributed by atoms with E-state index in [1.807, 2.05) is 18.2 Å². The van der Waals surface area contributed by atoms with Crippen molar-refractivity contribution < 1.29 is 0 Å². The predicted molar refractivity (Wildman–Crippen MR) is 123 cm³/mol. The molecule has 1 aliphatic rings. The van der Waals surface area contributed by atoms with Gasteiger partial charge < -0.3 is 10.2 Å². The Morgan fingerprint density at radius 2 is 1.64 bits per heavy atom. The first-order valence-corrected chi connectivity index (χ1v) is 10.5. The third-order valence-electron chi connectivity index (χ3n) is 5.08. The molecule has 1 aliphatic heterocycles. The summed E-state index contributed by atoms with van der Waals surface area (Å²) >= 11 is 17.8. The van der Waals surface area contributed by atoms with Gasteiger partial charge in [0.05, 0.1) is 10.0 Å². The Labute approximate surface area is 180 Å². The monoisotopic (exact) mass is 429 g/mol. The standard InChI is InChI=1S/C22H21Cl2N3S/c23-19-9-8-16(14-20(19)24)15-26-10-12-27(13-11-26)22(28)25-21-7-3-5-17-4-1-2-6-18(17)21/h1-9,14H,10-13,15H2,(H,25,28). The molecular weight excluding hydrogens is 409 g/mol. The summed E-state index contributed by atoms with van der Waals surface area (Å²) in [7, 11) is 0. The Kier molecular flexibility index (Phi) is 6.02. The summed E-state index contributed by atoms with van der Waals surface area (Å²) in [6.45, 7) is 4.58. The number of fused-ring (bicyclic) bond motifs is 1. The molecule has 0 aromatic heterocycles. The van der Waals surface area contributed by atoms with Crippen LogP contribution in [0.5, 0.6) is 0 Å². The molecule has 0 radical (unpaired) electrons. The van der Waals surface area contributed by atoms with E-state index < -0.39 is 0 Å². The van der Waals surface area contributed by atoms with Gasteiger partial charge in [0, 0.05) is 43.8 Å². The first-order chi connectivity index (χ1) is 13.6. The van der Waals surface area contributed by atoms with Crippen molar-refractivity contribution in [1.29, 1.82) is 0 Å². The van der Waals surface area contributed by atoms with E-state index in [9.17, 15) is 0 Å². The molecule has 1 fully saturated rings. The highest BCUT2D eigenvalue weighted by Crippen LogP contribution is 2.25. The van der Waals surface area contributed by atoms with Gasteiger partial charge in [-0.25, -0.2) is 0 Å². The van der Waals surface area contributed by atoms with E-state index in [1.165, 1.54) is 16.3 Å². The number of anilines is 1. The van der Waals surface area contributed by atoms with Crippen molar-refractivity contribution in [2.45, 2.75) is 6.54 Å². The van der Waals surface area contributed by atoms with E-state index in [-0.39, 0.29) is 0 Å². The highest BCUT2D eigenvalue weighted by atomic mass is 35.5. The van der Waals surface area contributed by atoms with Crippen LogP contribution in [-0.4, -0.2) is 41.1 Å². The fourth-order valence-electron chi connectivity index (χ4n) is 3.53. The second-order valence-electron chi connectivity index (χ2n) is 6.97. The molecular formula is C22H21Cl2N3S. The maximum absolute atomic E-state index is 6.13. The summed E-state index contributed by atoms with van der Waals surface area (Å²) in [5, 5.41) is 7.83. The van der Waals surface area contributed by atoms with Gasteiger partial charge in [-0.15, -0.1) is 0 Å². The zero-order valence-electron chi connectivity index (χ0n) is 15.4. The molecule has 4 rings (SSSR count). The molecule has 3 aromatic rings. The minimum atomic E-state index is 0.597. The summed E-state index contributed by atoms with van der Waals surface area (Å²) in [6.07, 6.45) is 0. The van der Waals surface area contributed by atoms with Crippen LogP contribution in [0.15, 0.2) is 60.7 Å². The van der Waals surface area contributed by atoms with Crippen molar-refractivity contribution in [2.75, 3.05) is 31.5 Å². The van der Waals surface area contributed by atoms with E-state index in [0.29, 0.717) is 10.0 Å². The van der Waals surface area contributed by atoms with Crippen molar-refractivity contribution in [3.8, 4) is 0 Å². The number of benzene rings is 3. The third-order valence-corrected chi connectivity index (χ3v) is 6.18. The van der Waals surface area contributed by atoms with Gasteiger partial charge in [0.15, 0.2) is 5.11 Å². The first-order valence-electron chi connectivity index (χ1n) is 9.30. The van der Waals surface area contributed by atoms with Crippen LogP contribution in [0.4, 0.5) is 5.69 Å². The summed E-state index contributed by atoms with van der Waals surface area (Å²) < 4.78 is 0. The van der Waals surface area contributed by atoms with Crippen molar-refractivity contribution >= 4 is 57.0 Å². The lowest BCUT2D eigenvalue weighted by Crippen LogP contribution is -2.49. The molecule has 3 aromatic carbocycles. The molecule has 0 bridgehead atoms. The summed E-state index contributed by atoms with van der Waals surface area (Å²) in [4.78, 5) is 4.65. The summed E-state index contributed by atoms with van der Waals surface area (Å²) in [5.74, 6) is 0. The van der Waals surface area contributed by atoms with Gasteiger partial charge in [-0.2, -0.15) is 0 Å². The normalized spacial score (nSPS) is 15.0. The van der Waals surface area contributed by atoms with Crippen LogP contribution in [0.3, 0.4) is 0 Å². The Morgan fingerprint density at radius 1 is 0.893 bits per heavy atom. The van der Waals surface area contributed by atoms with Crippen molar-refractivity contribution in [3.05, 3.63) is 76.3 Å². The smallest absolute Gasteiger partial charge is 0.173 e. The van der Waals surface area contributed by atoms with Crippen molar-refractivity contribution in [1.82, 2.24) is 9.80 Å². The van der Waals surface area contributed by atoms with Gasteiger partial charge in [-0.1, -0.05) is 65.7 Å². The Balaban J connectivity index is 1.35. The lowest BCUT2D eigenvalue weighted by atomic mass is 10.1. The largest absolute Gasteiger partial charge is 0.346 e. The second-order valence-corrected chi connectivity index (χ2v) is 8.17. The molecule has 0 unspecified atom stereocenters. The van der Waals surface area contributed by atoms with Gasteiger partial charge in [-0.05, 0) is 41.4 Å². The van der Waals surface area contributed by atoms with Crippen LogP contribution in [0.2, 0.25) is 10.0 Å². The van der Waals surface area contributed by atoms with Crippen molar-refractivity contribution in [3.63, 3.8) is 0 Å². The minimum Gasteiger partial charge on any atom is -0.346 e. The molecule has 3 nitrogen and oxygen atoms in total. The van der Waals surface area contributed by atoms with Crippen LogP contribution >= 0.6 is 35.4 Å². The molecule has 0 amide bonds. The maximum atomic E-state index is 6.13. The van der Waals surface area contributed by atoms with Gasteiger partial charge in [-0.3, -0.25) is 4.90 Å². The van der Waals surface area contributed by atoms with Gasteiger partial charge in [0.2, 0.25) is 0 Å². The Hall–Kier alpha value is -1.85. The highest BCUT2D eigenvalue weighted by molar-refractivity contribution is 7.80. The first kappa shape index (κ1) is 19.5. The van der Waals surface area contributed by atoms with Crippen molar-refractivity contribution in [2.24, 2.45) is 0 Å².